The summed E-state index contributed by atoms with van der Waals surface area (Å²) in [5.74, 6) is -1.99. The van der Waals surface area contributed by atoms with Gasteiger partial charge in [0.2, 0.25) is 0 Å². The van der Waals surface area contributed by atoms with Gasteiger partial charge in [-0.3, -0.25) is 0 Å². The summed E-state index contributed by atoms with van der Waals surface area (Å²) >= 11 is 5.84. The van der Waals surface area contributed by atoms with Gasteiger partial charge in [0.15, 0.2) is 0 Å². The molecule has 0 saturated heterocycles. The summed E-state index contributed by atoms with van der Waals surface area (Å²) in [6, 6.07) is 9.50. The third-order valence-electron chi connectivity index (χ3n) is 2.48. The van der Waals surface area contributed by atoms with E-state index in [2.05, 4.69) is 0 Å². The molecule has 0 aliphatic carbocycles. The first-order valence-electron chi connectivity index (χ1n) is 5.42. The van der Waals surface area contributed by atoms with Crippen LogP contribution in [0.4, 0.5) is 4.39 Å². The second-order valence-corrected chi connectivity index (χ2v) is 4.18. The van der Waals surface area contributed by atoms with E-state index in [1.807, 2.05) is 6.07 Å². The second-order valence-electron chi connectivity index (χ2n) is 3.77. The van der Waals surface area contributed by atoms with Crippen molar-refractivity contribution in [2.75, 3.05) is 0 Å². The minimum Gasteiger partial charge on any atom is -0.478 e. The molecule has 0 aliphatic heterocycles. The molecule has 0 aromatic heterocycles. The number of nitriles is 1. The van der Waals surface area contributed by atoms with Gasteiger partial charge < -0.3 is 9.84 Å². The number of ether oxygens (including phenoxy) is 1. The van der Waals surface area contributed by atoms with E-state index in [1.54, 1.807) is 6.07 Å². The zero-order valence-electron chi connectivity index (χ0n) is 9.93. The average molecular weight is 292 g/mol. The van der Waals surface area contributed by atoms with Gasteiger partial charge in [0.1, 0.15) is 34.5 Å². The molecule has 0 amide bonds. The number of carbonyl (C=O) groups is 1. The molecule has 100 valence electrons. The van der Waals surface area contributed by atoms with Crippen molar-refractivity contribution < 1.29 is 19.0 Å². The van der Waals surface area contributed by atoms with Crippen LogP contribution in [0.15, 0.2) is 36.4 Å². The molecule has 2 aromatic rings. The van der Waals surface area contributed by atoms with Crippen molar-refractivity contribution in [3.63, 3.8) is 0 Å². The lowest BCUT2D eigenvalue weighted by molar-refractivity contribution is 0.0693. The van der Waals surface area contributed by atoms with Crippen molar-refractivity contribution in [1.29, 1.82) is 5.26 Å². The molecule has 0 fully saturated rings. The number of nitrogens with zero attached hydrogens (tertiary/aromatic N) is 1. The van der Waals surface area contributed by atoms with Gasteiger partial charge in [-0.2, -0.15) is 5.26 Å². The van der Waals surface area contributed by atoms with Gasteiger partial charge in [0.05, 0.1) is 5.02 Å². The summed E-state index contributed by atoms with van der Waals surface area (Å²) in [4.78, 5) is 11.0. The maximum Gasteiger partial charge on any atom is 0.339 e. The normalized spacial score (nSPS) is 9.85. The van der Waals surface area contributed by atoms with Crippen molar-refractivity contribution in [3.05, 3.63) is 58.4 Å². The van der Waals surface area contributed by atoms with Crippen LogP contribution in [0.3, 0.4) is 0 Å². The van der Waals surface area contributed by atoms with Gasteiger partial charge in [-0.15, -0.1) is 0 Å². The summed E-state index contributed by atoms with van der Waals surface area (Å²) in [5.41, 5.74) is -0.260. The first-order valence-corrected chi connectivity index (χ1v) is 5.80. The fraction of sp³-hybridized carbons (Fsp3) is 0. The molecule has 20 heavy (non-hydrogen) atoms. The average Bonchev–Trinajstić information content (AvgIpc) is 2.41. The van der Waals surface area contributed by atoms with Crippen LogP contribution in [0.5, 0.6) is 11.5 Å². The molecular formula is C14H7ClFNO3. The Morgan fingerprint density at radius 1 is 1.30 bits per heavy atom. The lowest BCUT2D eigenvalue weighted by Gasteiger charge is -2.10. The smallest absolute Gasteiger partial charge is 0.339 e. The van der Waals surface area contributed by atoms with Gasteiger partial charge in [-0.25, -0.2) is 9.18 Å². The summed E-state index contributed by atoms with van der Waals surface area (Å²) in [7, 11) is 0. The molecule has 6 heteroatoms. The lowest BCUT2D eigenvalue weighted by atomic mass is 10.2. The SMILES string of the molecule is N#Cc1c(Cl)cccc1Oc1ccc(F)cc1C(=O)O. The van der Waals surface area contributed by atoms with Crippen molar-refractivity contribution in [1.82, 2.24) is 0 Å². The third-order valence-corrected chi connectivity index (χ3v) is 2.79. The molecule has 2 rings (SSSR count). The van der Waals surface area contributed by atoms with E-state index in [0.29, 0.717) is 0 Å². The summed E-state index contributed by atoms with van der Waals surface area (Å²) in [6.45, 7) is 0. The maximum atomic E-state index is 13.1. The Labute approximate surface area is 118 Å². The minimum absolute atomic E-state index is 0.0716. The largest absolute Gasteiger partial charge is 0.478 e. The number of carboxylic acid groups (broad SMARTS) is 1. The number of hydrogen-bond donors (Lipinski definition) is 1. The van der Waals surface area contributed by atoms with Crippen LogP contribution >= 0.6 is 11.6 Å². The molecule has 4 nitrogen and oxygen atoms in total. The summed E-state index contributed by atoms with van der Waals surface area (Å²) in [5, 5.41) is 18.2. The lowest BCUT2D eigenvalue weighted by Crippen LogP contribution is -2.01. The first-order chi connectivity index (χ1) is 9.52. The molecule has 0 radical (unpaired) electrons. The zero-order chi connectivity index (χ0) is 14.7. The van der Waals surface area contributed by atoms with E-state index in [9.17, 15) is 9.18 Å². The van der Waals surface area contributed by atoms with Gasteiger partial charge >= 0.3 is 5.97 Å². The fourth-order valence-electron chi connectivity index (χ4n) is 1.57. The number of hydrogen-bond acceptors (Lipinski definition) is 3. The predicted molar refractivity (Wildman–Crippen MR) is 69.6 cm³/mol. The molecule has 0 heterocycles. The molecular weight excluding hydrogens is 285 g/mol. The number of rotatable bonds is 3. The van der Waals surface area contributed by atoms with Crippen LogP contribution in [0, 0.1) is 17.1 Å². The number of halogens is 2. The van der Waals surface area contributed by atoms with Crippen LogP contribution in [-0.2, 0) is 0 Å². The van der Waals surface area contributed by atoms with Crippen LogP contribution in [0.25, 0.3) is 0 Å². The van der Waals surface area contributed by atoms with E-state index in [4.69, 9.17) is 26.7 Å². The molecule has 0 aliphatic rings. The van der Waals surface area contributed by atoms with Crippen molar-refractivity contribution >= 4 is 17.6 Å². The van der Waals surface area contributed by atoms with E-state index < -0.39 is 11.8 Å². The highest BCUT2D eigenvalue weighted by molar-refractivity contribution is 6.31. The van der Waals surface area contributed by atoms with Crippen molar-refractivity contribution in [2.24, 2.45) is 0 Å². The van der Waals surface area contributed by atoms with Crippen molar-refractivity contribution in [3.8, 4) is 17.6 Å². The molecule has 0 atom stereocenters. The molecule has 2 aromatic carbocycles. The number of aromatic carboxylic acids is 1. The fourth-order valence-corrected chi connectivity index (χ4v) is 1.78. The molecule has 0 bridgehead atoms. The number of carboxylic acids is 1. The highest BCUT2D eigenvalue weighted by Crippen LogP contribution is 2.31. The number of benzene rings is 2. The van der Waals surface area contributed by atoms with Crippen LogP contribution < -0.4 is 4.74 Å². The van der Waals surface area contributed by atoms with Crippen LogP contribution in [0.2, 0.25) is 5.02 Å². The van der Waals surface area contributed by atoms with Crippen LogP contribution in [0.1, 0.15) is 15.9 Å². The Kier molecular flexibility index (Phi) is 3.87. The van der Waals surface area contributed by atoms with E-state index >= 15 is 0 Å². The maximum absolute atomic E-state index is 13.1. The molecule has 1 N–H and O–H groups in total. The Bertz CT molecular complexity index is 725. The standard InChI is InChI=1S/C14H7ClFNO3/c15-11-2-1-3-12(10(11)7-17)20-13-5-4-8(16)6-9(13)14(18)19/h1-6H,(H,18,19). The third kappa shape index (κ3) is 2.71. The monoisotopic (exact) mass is 291 g/mol. The Morgan fingerprint density at radius 2 is 2.05 bits per heavy atom. The van der Waals surface area contributed by atoms with Crippen molar-refractivity contribution in [2.45, 2.75) is 0 Å². The Morgan fingerprint density at radius 3 is 2.70 bits per heavy atom. The first kappa shape index (κ1) is 13.8. The Hall–Kier alpha value is -2.58. The molecule has 0 saturated carbocycles. The molecule has 0 unspecified atom stereocenters. The predicted octanol–water partition coefficient (Wildman–Crippen LogP) is 3.84. The van der Waals surface area contributed by atoms with E-state index in [1.165, 1.54) is 18.2 Å². The highest BCUT2D eigenvalue weighted by Gasteiger charge is 2.15. The summed E-state index contributed by atoms with van der Waals surface area (Å²) < 4.78 is 18.4. The quantitative estimate of drug-likeness (QED) is 0.932. The summed E-state index contributed by atoms with van der Waals surface area (Å²) in [6.07, 6.45) is 0. The van der Waals surface area contributed by atoms with Gasteiger partial charge in [-0.05, 0) is 30.3 Å². The zero-order valence-corrected chi connectivity index (χ0v) is 10.7. The minimum atomic E-state index is -1.33. The highest BCUT2D eigenvalue weighted by atomic mass is 35.5. The van der Waals surface area contributed by atoms with E-state index in [-0.39, 0.29) is 27.6 Å². The second kappa shape index (κ2) is 5.59. The van der Waals surface area contributed by atoms with E-state index in [0.717, 1.165) is 12.1 Å². The topological polar surface area (TPSA) is 70.3 Å². The van der Waals surface area contributed by atoms with Crippen LogP contribution in [-0.4, -0.2) is 11.1 Å². The van der Waals surface area contributed by atoms with Gasteiger partial charge in [0, 0.05) is 0 Å². The Balaban J connectivity index is 2.49. The van der Waals surface area contributed by atoms with Gasteiger partial charge in [0.25, 0.3) is 0 Å². The molecule has 0 spiro atoms. The van der Waals surface area contributed by atoms with Gasteiger partial charge in [-0.1, -0.05) is 17.7 Å².